The van der Waals surface area contributed by atoms with Crippen LogP contribution in [0.1, 0.15) is 0 Å². The quantitative estimate of drug-likeness (QED) is 0.184. The monoisotopic (exact) mass is 589 g/mol. The first-order chi connectivity index (χ1) is 22.8. The van der Waals surface area contributed by atoms with Gasteiger partial charge in [-0.2, -0.15) is 5.10 Å². The van der Waals surface area contributed by atoms with E-state index in [1.807, 2.05) is 18.2 Å². The molecule has 0 radical (unpaired) electrons. The van der Waals surface area contributed by atoms with E-state index in [9.17, 15) is 0 Å². The molecule has 3 heteroatoms. The minimum absolute atomic E-state index is 0.938. The first kappa shape index (κ1) is 27.4. The zero-order valence-electron chi connectivity index (χ0n) is 25.2. The molecular formula is C43H31N3. The van der Waals surface area contributed by atoms with Gasteiger partial charge in [-0.1, -0.05) is 127 Å². The molecule has 46 heavy (non-hydrogen) atoms. The molecule has 0 aliphatic heterocycles. The highest BCUT2D eigenvalue weighted by Crippen LogP contribution is 2.36. The number of hydrogen-bond acceptors (Lipinski definition) is 2. The van der Waals surface area contributed by atoms with Gasteiger partial charge in [-0.05, 0) is 82.6 Å². The Hall–Kier alpha value is -6.19. The van der Waals surface area contributed by atoms with Crippen LogP contribution in [0.15, 0.2) is 188 Å². The number of benzene rings is 7. The Morgan fingerprint density at radius 3 is 1.54 bits per heavy atom. The van der Waals surface area contributed by atoms with Crippen LogP contribution in [0, 0.1) is 0 Å². The summed E-state index contributed by atoms with van der Waals surface area (Å²) in [6.07, 6.45) is 0. The normalized spacial score (nSPS) is 11.0. The molecule has 218 valence electrons. The maximum absolute atomic E-state index is 5.14. The number of para-hydroxylation sites is 2. The molecule has 0 fully saturated rings. The van der Waals surface area contributed by atoms with E-state index in [0.717, 1.165) is 45.3 Å². The van der Waals surface area contributed by atoms with Gasteiger partial charge in [0.25, 0.3) is 0 Å². The van der Waals surface area contributed by atoms with E-state index in [-0.39, 0.29) is 0 Å². The molecule has 8 aromatic rings. The van der Waals surface area contributed by atoms with E-state index in [2.05, 4.69) is 179 Å². The Labute approximate surface area is 269 Å². The van der Waals surface area contributed by atoms with E-state index in [1.165, 1.54) is 21.9 Å². The van der Waals surface area contributed by atoms with Crippen LogP contribution in [0.2, 0.25) is 0 Å². The molecule has 7 aromatic carbocycles. The average Bonchev–Trinajstić information content (AvgIpc) is 3.59. The SMILES string of the molecule is c1ccc(-c2cc(-c3ccc(-c4ccc5ccccc5c4)cc3)n(-c3ccc(N(c4ccccc4)c4ccccc4)cc3)n2)cc1. The van der Waals surface area contributed by atoms with Crippen molar-refractivity contribution in [3.05, 3.63) is 188 Å². The van der Waals surface area contributed by atoms with Gasteiger partial charge in [-0.3, -0.25) is 0 Å². The molecule has 0 amide bonds. The molecule has 8 rings (SSSR count). The highest BCUT2D eigenvalue weighted by molar-refractivity contribution is 5.87. The number of hydrogen-bond donors (Lipinski definition) is 0. The summed E-state index contributed by atoms with van der Waals surface area (Å²) in [4.78, 5) is 2.27. The summed E-state index contributed by atoms with van der Waals surface area (Å²) in [5, 5.41) is 7.63. The summed E-state index contributed by atoms with van der Waals surface area (Å²) in [6, 6.07) is 66.2. The fourth-order valence-corrected chi connectivity index (χ4v) is 6.08. The van der Waals surface area contributed by atoms with Crippen LogP contribution in [0.3, 0.4) is 0 Å². The molecule has 0 unspecified atom stereocenters. The van der Waals surface area contributed by atoms with E-state index in [0.29, 0.717) is 0 Å². The van der Waals surface area contributed by atoms with Crippen LogP contribution in [-0.2, 0) is 0 Å². The molecule has 0 aliphatic carbocycles. The summed E-state index contributed by atoms with van der Waals surface area (Å²) in [7, 11) is 0. The fourth-order valence-electron chi connectivity index (χ4n) is 6.08. The number of anilines is 3. The van der Waals surface area contributed by atoms with Crippen molar-refractivity contribution in [1.82, 2.24) is 9.78 Å². The number of rotatable bonds is 7. The lowest BCUT2D eigenvalue weighted by Gasteiger charge is -2.25. The van der Waals surface area contributed by atoms with Crippen LogP contribution in [0.25, 0.3) is 50.1 Å². The molecular weight excluding hydrogens is 558 g/mol. The average molecular weight is 590 g/mol. The third-order valence-electron chi connectivity index (χ3n) is 8.42. The standard InChI is InChI=1S/C43H31N3/c1-4-13-34(14-5-1)42-31-43(35-23-20-33(21-24-35)37-25-22-32-12-10-11-15-36(32)30-37)46(44-42)41-28-26-40(27-29-41)45(38-16-6-2-7-17-38)39-18-8-3-9-19-39/h1-31H. The molecule has 0 aliphatic rings. The van der Waals surface area contributed by atoms with Crippen LogP contribution in [-0.4, -0.2) is 9.78 Å². The topological polar surface area (TPSA) is 21.1 Å². The number of fused-ring (bicyclic) bond motifs is 1. The van der Waals surface area contributed by atoms with Gasteiger partial charge in [0.2, 0.25) is 0 Å². The highest BCUT2D eigenvalue weighted by Gasteiger charge is 2.16. The first-order valence-electron chi connectivity index (χ1n) is 15.6. The summed E-state index contributed by atoms with van der Waals surface area (Å²) in [6.45, 7) is 0. The summed E-state index contributed by atoms with van der Waals surface area (Å²) in [5.41, 5.74) is 10.9. The van der Waals surface area contributed by atoms with Gasteiger partial charge in [0, 0.05) is 28.2 Å². The highest BCUT2D eigenvalue weighted by atomic mass is 15.3. The Bertz CT molecular complexity index is 2180. The van der Waals surface area contributed by atoms with E-state index >= 15 is 0 Å². The molecule has 3 nitrogen and oxygen atoms in total. The zero-order valence-corrected chi connectivity index (χ0v) is 25.2. The summed E-state index contributed by atoms with van der Waals surface area (Å²) in [5.74, 6) is 0. The van der Waals surface area contributed by atoms with Gasteiger partial charge in [0.15, 0.2) is 0 Å². The van der Waals surface area contributed by atoms with E-state index in [4.69, 9.17) is 5.10 Å². The van der Waals surface area contributed by atoms with Gasteiger partial charge in [-0.15, -0.1) is 0 Å². The molecule has 0 atom stereocenters. The van der Waals surface area contributed by atoms with Crippen molar-refractivity contribution in [3.63, 3.8) is 0 Å². The predicted molar refractivity (Wildman–Crippen MR) is 192 cm³/mol. The van der Waals surface area contributed by atoms with E-state index < -0.39 is 0 Å². The molecule has 0 bridgehead atoms. The van der Waals surface area contributed by atoms with Crippen LogP contribution < -0.4 is 4.90 Å². The second kappa shape index (κ2) is 12.1. The van der Waals surface area contributed by atoms with Crippen molar-refractivity contribution < 1.29 is 0 Å². The van der Waals surface area contributed by atoms with E-state index in [1.54, 1.807) is 0 Å². The smallest absolute Gasteiger partial charge is 0.0934 e. The lowest BCUT2D eigenvalue weighted by Crippen LogP contribution is -2.10. The lowest BCUT2D eigenvalue weighted by atomic mass is 9.99. The minimum atomic E-state index is 0.938. The minimum Gasteiger partial charge on any atom is -0.311 e. The Balaban J connectivity index is 1.18. The third-order valence-corrected chi connectivity index (χ3v) is 8.42. The largest absolute Gasteiger partial charge is 0.311 e. The first-order valence-corrected chi connectivity index (χ1v) is 15.6. The number of nitrogens with zero attached hydrogens (tertiary/aromatic N) is 3. The molecule has 0 saturated heterocycles. The maximum atomic E-state index is 5.14. The van der Waals surface area contributed by atoms with Crippen molar-refractivity contribution in [2.45, 2.75) is 0 Å². The second-order valence-electron chi connectivity index (χ2n) is 11.4. The molecule has 0 saturated carbocycles. The van der Waals surface area contributed by atoms with Crippen molar-refractivity contribution in [2.24, 2.45) is 0 Å². The zero-order chi connectivity index (χ0) is 30.7. The van der Waals surface area contributed by atoms with Gasteiger partial charge in [-0.25, -0.2) is 4.68 Å². The van der Waals surface area contributed by atoms with Gasteiger partial charge in [0.1, 0.15) is 0 Å². The summed E-state index contributed by atoms with van der Waals surface area (Å²) >= 11 is 0. The maximum Gasteiger partial charge on any atom is 0.0934 e. The predicted octanol–water partition coefficient (Wildman–Crippen LogP) is 11.5. The van der Waals surface area contributed by atoms with Gasteiger partial charge in [0.05, 0.1) is 17.1 Å². The molecule has 0 N–H and O–H groups in total. The van der Waals surface area contributed by atoms with Crippen molar-refractivity contribution >= 4 is 27.8 Å². The Kier molecular flexibility index (Phi) is 7.18. The van der Waals surface area contributed by atoms with Crippen molar-refractivity contribution in [2.75, 3.05) is 4.90 Å². The van der Waals surface area contributed by atoms with Crippen LogP contribution >= 0.6 is 0 Å². The summed E-state index contributed by atoms with van der Waals surface area (Å²) < 4.78 is 2.06. The number of aromatic nitrogens is 2. The second-order valence-corrected chi connectivity index (χ2v) is 11.4. The Morgan fingerprint density at radius 2 is 0.891 bits per heavy atom. The van der Waals surface area contributed by atoms with Crippen molar-refractivity contribution in [3.8, 4) is 39.3 Å². The Morgan fingerprint density at radius 1 is 0.370 bits per heavy atom. The van der Waals surface area contributed by atoms with Gasteiger partial charge < -0.3 is 4.90 Å². The van der Waals surface area contributed by atoms with Gasteiger partial charge >= 0.3 is 0 Å². The molecule has 1 heterocycles. The van der Waals surface area contributed by atoms with Crippen LogP contribution in [0.5, 0.6) is 0 Å². The third kappa shape index (κ3) is 5.36. The fraction of sp³-hybridized carbons (Fsp3) is 0. The molecule has 0 spiro atoms. The molecule has 1 aromatic heterocycles. The lowest BCUT2D eigenvalue weighted by molar-refractivity contribution is 0.892. The van der Waals surface area contributed by atoms with Crippen molar-refractivity contribution in [1.29, 1.82) is 0 Å². The van der Waals surface area contributed by atoms with Crippen LogP contribution in [0.4, 0.5) is 17.1 Å².